The van der Waals surface area contributed by atoms with Gasteiger partial charge in [0, 0.05) is 0 Å². The third-order valence-corrected chi connectivity index (χ3v) is 1.41. The largest absolute Gasteiger partial charge is 0.283 e. The molecule has 4 heteroatoms. The fourth-order valence-corrected chi connectivity index (χ4v) is 0.904. The lowest BCUT2D eigenvalue weighted by Gasteiger charge is -1.72. The Balaban J connectivity index is 3.00. The summed E-state index contributed by atoms with van der Waals surface area (Å²) in [5, 5.41) is 13.9. The van der Waals surface area contributed by atoms with Gasteiger partial charge in [-0.05, 0) is 12.1 Å². The number of aromatic nitrogens is 3. The van der Waals surface area contributed by atoms with E-state index < -0.39 is 0 Å². The minimum Gasteiger partial charge on any atom is -0.283 e. The highest BCUT2D eigenvalue weighted by Gasteiger charge is 1.90. The molecule has 0 aromatic carbocycles. The second-order valence-corrected chi connectivity index (χ2v) is 2.19. The highest BCUT2D eigenvalue weighted by molar-refractivity contribution is 5.71. The summed E-state index contributed by atoms with van der Waals surface area (Å²) < 4.78 is 0. The molecule has 0 spiro atoms. The van der Waals surface area contributed by atoms with Crippen LogP contribution in [0.5, 0.6) is 0 Å². The maximum absolute atomic E-state index is 7.28. The number of rotatable bonds is 0. The van der Waals surface area contributed by atoms with Crippen molar-refractivity contribution in [1.82, 2.24) is 15.2 Å². The maximum atomic E-state index is 7.28. The van der Waals surface area contributed by atoms with Gasteiger partial charge in [-0.1, -0.05) is 6.07 Å². The van der Waals surface area contributed by atoms with E-state index in [0.29, 0.717) is 0 Å². The molecular weight excluding hydrogens is 140 g/mol. The van der Waals surface area contributed by atoms with Gasteiger partial charge in [-0.3, -0.25) is 10.5 Å². The lowest BCUT2D eigenvalue weighted by molar-refractivity contribution is 1.11. The van der Waals surface area contributed by atoms with Gasteiger partial charge in [0.05, 0.1) is 11.7 Å². The first-order valence-corrected chi connectivity index (χ1v) is 3.21. The summed E-state index contributed by atoms with van der Waals surface area (Å²) >= 11 is 0. The smallest absolute Gasteiger partial charge is 0.145 e. The van der Waals surface area contributed by atoms with Crippen LogP contribution in [0.4, 0.5) is 0 Å². The molecule has 0 bridgehead atoms. The van der Waals surface area contributed by atoms with Crippen LogP contribution in [0.3, 0.4) is 0 Å². The lowest BCUT2D eigenvalue weighted by Crippen LogP contribution is -1.97. The Morgan fingerprint density at radius 2 is 2.27 bits per heavy atom. The zero-order valence-electron chi connectivity index (χ0n) is 5.70. The molecule has 0 saturated heterocycles. The van der Waals surface area contributed by atoms with Crippen LogP contribution in [-0.2, 0) is 0 Å². The first kappa shape index (κ1) is 6.03. The zero-order chi connectivity index (χ0) is 7.68. The van der Waals surface area contributed by atoms with Crippen molar-refractivity contribution in [2.75, 3.05) is 0 Å². The fraction of sp³-hybridized carbons (Fsp3) is 0. The predicted molar refractivity (Wildman–Crippen MR) is 39.7 cm³/mol. The van der Waals surface area contributed by atoms with Crippen LogP contribution in [0.15, 0.2) is 24.4 Å². The third-order valence-electron chi connectivity index (χ3n) is 1.41. The van der Waals surface area contributed by atoms with Crippen LogP contribution in [-0.4, -0.2) is 15.2 Å². The molecule has 0 aliphatic carbocycles. The number of hydrogen-bond donors (Lipinski definition) is 2. The number of nitrogens with one attached hydrogen (secondary N) is 2. The summed E-state index contributed by atoms with van der Waals surface area (Å²) in [6.45, 7) is 0. The molecule has 0 unspecified atom stereocenters. The number of nitrogens with zero attached hydrogens (tertiary/aromatic N) is 2. The molecule has 2 rings (SSSR count). The first-order valence-electron chi connectivity index (χ1n) is 3.21. The predicted octanol–water partition coefficient (Wildman–Crippen LogP) is 0.437. The summed E-state index contributed by atoms with van der Waals surface area (Å²) in [6.07, 6.45) is 1.60. The van der Waals surface area contributed by atoms with Crippen LogP contribution in [0, 0.1) is 5.41 Å². The van der Waals surface area contributed by atoms with Gasteiger partial charge < -0.3 is 0 Å². The Labute approximate surface area is 62.4 Å². The van der Waals surface area contributed by atoms with Crippen LogP contribution >= 0.6 is 0 Å². The van der Waals surface area contributed by atoms with Gasteiger partial charge in [-0.15, -0.1) is 0 Å². The molecule has 2 heterocycles. The van der Waals surface area contributed by atoms with Gasteiger partial charge in [0.1, 0.15) is 11.0 Å². The molecule has 0 aliphatic heterocycles. The van der Waals surface area contributed by atoms with Crippen molar-refractivity contribution in [2.45, 2.75) is 0 Å². The van der Waals surface area contributed by atoms with E-state index in [4.69, 9.17) is 5.41 Å². The van der Waals surface area contributed by atoms with E-state index in [0.717, 1.165) is 11.0 Å². The van der Waals surface area contributed by atoms with E-state index in [-0.39, 0.29) is 5.49 Å². The fourth-order valence-electron chi connectivity index (χ4n) is 0.904. The van der Waals surface area contributed by atoms with E-state index in [1.54, 1.807) is 18.3 Å². The molecule has 0 atom stereocenters. The summed E-state index contributed by atoms with van der Waals surface area (Å²) in [5.41, 5.74) is 1.82. The molecule has 0 aliphatic rings. The van der Waals surface area contributed by atoms with E-state index in [1.165, 1.54) is 0 Å². The Morgan fingerprint density at radius 1 is 1.36 bits per heavy atom. The van der Waals surface area contributed by atoms with Crippen LogP contribution in [0.25, 0.3) is 11.0 Å². The quantitative estimate of drug-likeness (QED) is 0.566. The molecule has 11 heavy (non-hydrogen) atoms. The Morgan fingerprint density at radius 3 is 3.18 bits per heavy atom. The van der Waals surface area contributed by atoms with Crippen LogP contribution < -0.4 is 5.49 Å². The van der Waals surface area contributed by atoms with E-state index in [2.05, 4.69) is 15.2 Å². The molecule has 0 radical (unpaired) electrons. The second kappa shape index (κ2) is 2.16. The summed E-state index contributed by atoms with van der Waals surface area (Å²) in [7, 11) is 0. The van der Waals surface area contributed by atoms with Gasteiger partial charge in [0.15, 0.2) is 0 Å². The van der Waals surface area contributed by atoms with E-state index >= 15 is 0 Å². The highest BCUT2D eigenvalue weighted by atomic mass is 15.1. The molecular formula is C7H6N4. The standard InChI is InChI=1S/C7H6N4/c8-7-3-1-2-5-6(10-7)4-9-11-5/h1-4,8,11H. The van der Waals surface area contributed by atoms with E-state index in [1.807, 2.05) is 6.07 Å². The lowest BCUT2D eigenvalue weighted by atomic mass is 10.4. The van der Waals surface area contributed by atoms with Crippen molar-refractivity contribution in [3.63, 3.8) is 0 Å². The number of H-pyrrole nitrogens is 1. The van der Waals surface area contributed by atoms with Crippen molar-refractivity contribution in [3.05, 3.63) is 29.9 Å². The average molecular weight is 146 g/mol. The molecule has 2 aromatic heterocycles. The molecule has 0 saturated carbocycles. The second-order valence-electron chi connectivity index (χ2n) is 2.19. The minimum atomic E-state index is 0.251. The Kier molecular flexibility index (Phi) is 1.18. The topological polar surface area (TPSA) is 65.4 Å². The molecule has 4 nitrogen and oxygen atoms in total. The SMILES string of the molecule is N=c1cccc2[nH]ncc2n1. The Hall–Kier alpha value is -1.71. The normalized spacial score (nSPS) is 10.2. The van der Waals surface area contributed by atoms with Gasteiger partial charge in [-0.2, -0.15) is 5.10 Å². The molecule has 2 aromatic rings. The average Bonchev–Trinajstić information content (AvgIpc) is 2.31. The number of hydrogen-bond acceptors (Lipinski definition) is 3. The van der Waals surface area contributed by atoms with Gasteiger partial charge in [0.2, 0.25) is 0 Å². The van der Waals surface area contributed by atoms with Crippen LogP contribution in [0.2, 0.25) is 0 Å². The molecule has 0 amide bonds. The summed E-state index contributed by atoms with van der Waals surface area (Å²) in [4.78, 5) is 3.97. The van der Waals surface area contributed by atoms with Crippen molar-refractivity contribution < 1.29 is 0 Å². The van der Waals surface area contributed by atoms with Crippen molar-refractivity contribution in [3.8, 4) is 0 Å². The summed E-state index contributed by atoms with van der Waals surface area (Å²) in [6, 6.07) is 5.25. The third kappa shape index (κ3) is 0.980. The molecule has 2 N–H and O–H groups in total. The van der Waals surface area contributed by atoms with Gasteiger partial charge >= 0.3 is 0 Å². The van der Waals surface area contributed by atoms with Crippen LogP contribution in [0.1, 0.15) is 0 Å². The van der Waals surface area contributed by atoms with Crippen molar-refractivity contribution in [1.29, 1.82) is 5.41 Å². The van der Waals surface area contributed by atoms with Crippen molar-refractivity contribution >= 4 is 11.0 Å². The first-order chi connectivity index (χ1) is 5.36. The molecule has 54 valence electrons. The van der Waals surface area contributed by atoms with Gasteiger partial charge in [0.25, 0.3) is 0 Å². The minimum absolute atomic E-state index is 0.251. The maximum Gasteiger partial charge on any atom is 0.145 e. The zero-order valence-corrected chi connectivity index (χ0v) is 5.70. The Bertz CT molecular complexity index is 431. The van der Waals surface area contributed by atoms with Crippen molar-refractivity contribution in [2.24, 2.45) is 0 Å². The summed E-state index contributed by atoms with van der Waals surface area (Å²) in [5.74, 6) is 0. The monoisotopic (exact) mass is 146 g/mol. The van der Waals surface area contributed by atoms with Gasteiger partial charge in [-0.25, -0.2) is 4.98 Å². The molecule has 0 fully saturated rings. The number of fused-ring (bicyclic) bond motifs is 1. The van der Waals surface area contributed by atoms with E-state index in [9.17, 15) is 0 Å². The number of aromatic amines is 1. The highest BCUT2D eigenvalue weighted by Crippen LogP contribution is 2.00.